The largest absolute Gasteiger partial charge is 0.383 e. The van der Waals surface area contributed by atoms with Crippen molar-refractivity contribution in [1.29, 1.82) is 0 Å². The summed E-state index contributed by atoms with van der Waals surface area (Å²) in [6.07, 6.45) is 7.93. The summed E-state index contributed by atoms with van der Waals surface area (Å²) in [6, 6.07) is 1.57. The molecule has 3 atom stereocenters. The van der Waals surface area contributed by atoms with E-state index < -0.39 is 5.67 Å². The van der Waals surface area contributed by atoms with Crippen LogP contribution in [0.25, 0.3) is 0 Å². The van der Waals surface area contributed by atoms with Gasteiger partial charge in [-0.15, -0.1) is 0 Å². The van der Waals surface area contributed by atoms with Crippen LogP contribution in [0.2, 0.25) is 0 Å². The van der Waals surface area contributed by atoms with Gasteiger partial charge in [0.15, 0.2) is 5.78 Å². The highest BCUT2D eigenvalue weighted by Gasteiger charge is 2.43. The molecular weight excluding hydrogens is 387 g/mol. The number of nitrogens with zero attached hydrogens (tertiary/aromatic N) is 2. The summed E-state index contributed by atoms with van der Waals surface area (Å²) in [7, 11) is 1.60. The van der Waals surface area contributed by atoms with E-state index in [4.69, 9.17) is 4.74 Å². The van der Waals surface area contributed by atoms with Crippen molar-refractivity contribution in [3.8, 4) is 0 Å². The number of methoxy groups -OCH3 is 1. The number of carbonyl (C=O) groups is 2. The first-order chi connectivity index (χ1) is 14.4. The number of Topliss-reactive ketones (excluding diaryl/α,β-unsaturated/α-hetero) is 1. The van der Waals surface area contributed by atoms with E-state index in [0.717, 1.165) is 36.5 Å². The van der Waals surface area contributed by atoms with Gasteiger partial charge in [0, 0.05) is 25.4 Å². The van der Waals surface area contributed by atoms with Crippen molar-refractivity contribution >= 4 is 17.5 Å². The number of hydrogen-bond donors (Lipinski definition) is 2. The van der Waals surface area contributed by atoms with Crippen LogP contribution in [0, 0.1) is 5.92 Å². The molecule has 7 nitrogen and oxygen atoms in total. The number of alkyl halides is 1. The van der Waals surface area contributed by atoms with Gasteiger partial charge in [-0.3, -0.25) is 14.9 Å². The summed E-state index contributed by atoms with van der Waals surface area (Å²) in [5.41, 5.74) is 1.33. The Morgan fingerprint density at radius 1 is 1.40 bits per heavy atom. The molecule has 1 aromatic heterocycles. The maximum absolute atomic E-state index is 13.8. The number of anilines is 1. The van der Waals surface area contributed by atoms with Crippen LogP contribution in [0.3, 0.4) is 0 Å². The fourth-order valence-electron chi connectivity index (χ4n) is 5.01. The van der Waals surface area contributed by atoms with Gasteiger partial charge >= 0.3 is 0 Å². The monoisotopic (exact) mass is 414 g/mol. The highest BCUT2D eigenvalue weighted by Crippen LogP contribution is 2.35. The molecule has 3 aliphatic heterocycles. The van der Waals surface area contributed by atoms with E-state index >= 15 is 0 Å². The van der Waals surface area contributed by atoms with Crippen LogP contribution in [-0.2, 0) is 16.0 Å². The molecule has 0 bridgehead atoms. The molecule has 30 heavy (non-hydrogen) atoms. The molecule has 5 rings (SSSR count). The number of nitrogens with one attached hydrogen (secondary N) is 2. The number of likely N-dealkylation sites (tertiary alicyclic amines) is 1. The van der Waals surface area contributed by atoms with Crippen LogP contribution in [-0.4, -0.2) is 72.7 Å². The second-order valence-electron chi connectivity index (χ2n) is 8.97. The molecular formula is C22H27FN4O3. The molecule has 4 heterocycles. The van der Waals surface area contributed by atoms with Crippen molar-refractivity contribution in [2.24, 2.45) is 5.92 Å². The summed E-state index contributed by atoms with van der Waals surface area (Å²) >= 11 is 0. The maximum Gasteiger partial charge on any atom is 0.270 e. The molecule has 8 heteroatoms. The predicted molar refractivity (Wildman–Crippen MR) is 110 cm³/mol. The van der Waals surface area contributed by atoms with Crippen LogP contribution in [0.5, 0.6) is 0 Å². The summed E-state index contributed by atoms with van der Waals surface area (Å²) in [5.74, 6) is 0.758. The molecule has 2 fully saturated rings. The minimum absolute atomic E-state index is 0.0533. The lowest BCUT2D eigenvalue weighted by molar-refractivity contribution is -0.121. The zero-order valence-electron chi connectivity index (χ0n) is 17.3. The summed E-state index contributed by atoms with van der Waals surface area (Å²) in [6.45, 7) is 2.99. The topological polar surface area (TPSA) is 77.7 Å². The van der Waals surface area contributed by atoms with E-state index in [9.17, 15) is 14.0 Å². The number of amides is 1. The summed E-state index contributed by atoms with van der Waals surface area (Å²) in [5, 5.41) is 3.36. The third kappa shape index (κ3) is 3.18. The van der Waals surface area contributed by atoms with E-state index in [-0.39, 0.29) is 42.8 Å². The van der Waals surface area contributed by atoms with Crippen LogP contribution in [0.15, 0.2) is 30.0 Å². The van der Waals surface area contributed by atoms with Crippen LogP contribution in [0.1, 0.15) is 29.4 Å². The zero-order valence-corrected chi connectivity index (χ0v) is 17.3. The second-order valence-corrected chi connectivity index (χ2v) is 8.97. The third-order valence-electron chi connectivity index (χ3n) is 6.45. The molecule has 1 amide bonds. The smallest absolute Gasteiger partial charge is 0.270 e. The Labute approximate surface area is 174 Å². The Morgan fingerprint density at radius 3 is 2.93 bits per heavy atom. The first kappa shape index (κ1) is 19.5. The Balaban J connectivity index is 1.37. The number of aromatic nitrogens is 1. The van der Waals surface area contributed by atoms with E-state index in [1.54, 1.807) is 7.11 Å². The second kappa shape index (κ2) is 7.06. The number of fused-ring (bicyclic) bond motifs is 2. The maximum atomic E-state index is 13.8. The van der Waals surface area contributed by atoms with E-state index in [1.165, 1.54) is 11.8 Å². The number of H-pyrrole nitrogens is 1. The molecule has 0 saturated carbocycles. The molecule has 160 valence electrons. The van der Waals surface area contributed by atoms with Gasteiger partial charge in [-0.05, 0) is 43.5 Å². The Morgan fingerprint density at radius 2 is 2.20 bits per heavy atom. The SMILES string of the molecule is COCC1NC2C=C(N3CCCc4cc(C(=O)N5CC(C)(F)C5)[nH]c43)C=CC2C1=O. The molecule has 0 radical (unpaired) electrons. The lowest BCUT2D eigenvalue weighted by Gasteiger charge is -2.41. The molecule has 2 saturated heterocycles. The van der Waals surface area contributed by atoms with Crippen molar-refractivity contribution in [2.45, 2.75) is 37.5 Å². The molecule has 4 aliphatic rings. The fourth-order valence-corrected chi connectivity index (χ4v) is 5.01. The number of allylic oxidation sites excluding steroid dienone is 1. The quantitative estimate of drug-likeness (QED) is 0.782. The first-order valence-electron chi connectivity index (χ1n) is 10.5. The van der Waals surface area contributed by atoms with Crippen LogP contribution in [0.4, 0.5) is 10.2 Å². The lowest BCUT2D eigenvalue weighted by atomic mass is 9.92. The average Bonchev–Trinajstić information content (AvgIpc) is 3.27. The zero-order chi connectivity index (χ0) is 21.0. The fraction of sp³-hybridized carbons (Fsp3) is 0.545. The number of ketones is 1. The van der Waals surface area contributed by atoms with E-state index in [1.807, 2.05) is 18.2 Å². The Hall–Kier alpha value is -2.45. The number of halogens is 1. The number of aryl methyl sites for hydroxylation is 1. The molecule has 1 aliphatic carbocycles. The highest BCUT2D eigenvalue weighted by molar-refractivity contribution is 5.95. The van der Waals surface area contributed by atoms with Gasteiger partial charge in [0.25, 0.3) is 5.91 Å². The van der Waals surface area contributed by atoms with Gasteiger partial charge in [-0.25, -0.2) is 4.39 Å². The lowest BCUT2D eigenvalue weighted by Crippen LogP contribution is -2.59. The number of hydrogen-bond acceptors (Lipinski definition) is 5. The van der Waals surface area contributed by atoms with Gasteiger partial charge in [-0.2, -0.15) is 0 Å². The van der Waals surface area contributed by atoms with Gasteiger partial charge in [0.2, 0.25) is 0 Å². The van der Waals surface area contributed by atoms with Crippen LogP contribution < -0.4 is 10.2 Å². The van der Waals surface area contributed by atoms with Gasteiger partial charge in [-0.1, -0.05) is 6.08 Å². The first-order valence-corrected chi connectivity index (χ1v) is 10.5. The summed E-state index contributed by atoms with van der Waals surface area (Å²) in [4.78, 5) is 32.2. The van der Waals surface area contributed by atoms with Gasteiger partial charge in [0.05, 0.1) is 31.7 Å². The predicted octanol–water partition coefficient (Wildman–Crippen LogP) is 1.58. The molecule has 1 aromatic rings. The molecule has 0 spiro atoms. The molecule has 0 aromatic carbocycles. The average molecular weight is 414 g/mol. The van der Waals surface area contributed by atoms with Crippen molar-refractivity contribution < 1.29 is 18.7 Å². The highest BCUT2D eigenvalue weighted by atomic mass is 19.1. The van der Waals surface area contributed by atoms with Gasteiger partial charge in [0.1, 0.15) is 17.2 Å². The normalized spacial score (nSPS) is 29.4. The van der Waals surface area contributed by atoms with E-state index in [0.29, 0.717) is 12.3 Å². The number of rotatable bonds is 4. The standard InChI is InChI=1S/C22H27FN4O3/c1-22(23)11-26(12-22)21(29)17-8-13-4-3-7-27(20(13)25-17)14-5-6-15-16(9-14)24-18(10-30-2)19(15)28/h5-6,8-9,15-16,18,24-25H,3-4,7,10-12H2,1-2H3. The molecule has 3 unspecified atom stereocenters. The van der Waals surface area contributed by atoms with Gasteiger partial charge < -0.3 is 19.5 Å². The number of carbonyl (C=O) groups excluding carboxylic acids is 2. The number of ether oxygens (including phenoxy) is 1. The van der Waals surface area contributed by atoms with E-state index in [2.05, 4.69) is 21.3 Å². The van der Waals surface area contributed by atoms with Crippen molar-refractivity contribution in [1.82, 2.24) is 15.2 Å². The Kier molecular flexibility index (Phi) is 4.59. The van der Waals surface area contributed by atoms with Crippen molar-refractivity contribution in [3.63, 3.8) is 0 Å². The number of aromatic amines is 1. The minimum Gasteiger partial charge on any atom is -0.383 e. The van der Waals surface area contributed by atoms with Crippen molar-refractivity contribution in [3.05, 3.63) is 41.2 Å². The van der Waals surface area contributed by atoms with Crippen molar-refractivity contribution in [2.75, 3.05) is 38.3 Å². The third-order valence-corrected chi connectivity index (χ3v) is 6.45. The molecule has 2 N–H and O–H groups in total. The minimum atomic E-state index is -1.28. The Bertz CT molecular complexity index is 942. The van der Waals surface area contributed by atoms with Crippen LogP contribution >= 0.6 is 0 Å². The summed E-state index contributed by atoms with van der Waals surface area (Å²) < 4.78 is 19.0.